The quantitative estimate of drug-likeness (QED) is 0.811. The van der Waals surface area contributed by atoms with Gasteiger partial charge in [0.25, 0.3) is 10.0 Å². The zero-order valence-corrected chi connectivity index (χ0v) is 16.9. The molecule has 4 rings (SSSR count). The maximum Gasteiger partial charge on any atom is 0.285 e. The Labute approximate surface area is 169 Å². The lowest BCUT2D eigenvalue weighted by Crippen LogP contribution is -2.41. The summed E-state index contributed by atoms with van der Waals surface area (Å²) in [6, 6.07) is 12.3. The van der Waals surface area contributed by atoms with Gasteiger partial charge in [-0.3, -0.25) is 4.79 Å². The Bertz CT molecular complexity index is 1070. The molecule has 2 aromatic rings. The monoisotopic (exact) mass is 417 g/mol. The number of nitrogens with zero attached hydrogens (tertiary/aromatic N) is 2. The van der Waals surface area contributed by atoms with E-state index < -0.39 is 10.0 Å². The number of hydrogen-bond donors (Lipinski definition) is 1. The molecule has 146 valence electrons. The van der Waals surface area contributed by atoms with Crippen LogP contribution in [0.15, 0.2) is 51.8 Å². The number of benzene rings is 2. The van der Waals surface area contributed by atoms with Crippen molar-refractivity contribution >= 4 is 39.1 Å². The Kier molecular flexibility index (Phi) is 4.89. The van der Waals surface area contributed by atoms with Gasteiger partial charge in [-0.15, -0.1) is 4.40 Å². The van der Waals surface area contributed by atoms with Crippen molar-refractivity contribution in [3.63, 3.8) is 0 Å². The molecule has 8 heteroatoms. The number of likely N-dealkylation sites (tertiary alicyclic amines) is 1. The van der Waals surface area contributed by atoms with Crippen LogP contribution in [0.1, 0.15) is 24.0 Å². The molecule has 0 radical (unpaired) electrons. The van der Waals surface area contributed by atoms with Gasteiger partial charge in [-0.2, -0.15) is 8.42 Å². The smallest absolute Gasteiger partial charge is 0.285 e. The molecule has 2 aliphatic rings. The van der Waals surface area contributed by atoms with Gasteiger partial charge in [0.05, 0.1) is 0 Å². The lowest BCUT2D eigenvalue weighted by atomic mass is 9.95. The second-order valence-corrected chi connectivity index (χ2v) is 9.03. The van der Waals surface area contributed by atoms with Crippen molar-refractivity contribution in [2.75, 3.05) is 18.4 Å². The predicted octanol–water partition coefficient (Wildman–Crippen LogP) is 3.45. The van der Waals surface area contributed by atoms with E-state index in [1.165, 1.54) is 0 Å². The number of fused-ring (bicyclic) bond motifs is 1. The first kappa shape index (κ1) is 19.0. The SMILES string of the molecule is Cc1c(Cl)cccc1NC(=O)C1CCN(C2=NS(=O)(=O)c3ccccc32)CC1. The van der Waals surface area contributed by atoms with Gasteiger partial charge in [0.1, 0.15) is 4.90 Å². The number of nitrogens with one attached hydrogen (secondary N) is 1. The number of rotatable bonds is 2. The van der Waals surface area contributed by atoms with E-state index in [1.54, 1.807) is 24.3 Å². The Balaban J connectivity index is 1.44. The minimum atomic E-state index is -3.63. The van der Waals surface area contributed by atoms with E-state index in [-0.39, 0.29) is 16.7 Å². The summed E-state index contributed by atoms with van der Waals surface area (Å²) < 4.78 is 28.5. The van der Waals surface area contributed by atoms with Crippen molar-refractivity contribution in [3.05, 3.63) is 58.6 Å². The molecule has 0 aliphatic carbocycles. The molecule has 0 unspecified atom stereocenters. The number of sulfonamides is 1. The maximum absolute atomic E-state index is 12.7. The highest BCUT2D eigenvalue weighted by atomic mass is 35.5. The van der Waals surface area contributed by atoms with E-state index in [0.717, 1.165) is 11.3 Å². The van der Waals surface area contributed by atoms with Gasteiger partial charge in [-0.1, -0.05) is 29.8 Å². The summed E-state index contributed by atoms with van der Waals surface area (Å²) in [4.78, 5) is 14.9. The summed E-state index contributed by atoms with van der Waals surface area (Å²) in [6.45, 7) is 3.03. The molecule has 0 aromatic heterocycles. The average molecular weight is 418 g/mol. The largest absolute Gasteiger partial charge is 0.355 e. The van der Waals surface area contributed by atoms with E-state index in [9.17, 15) is 13.2 Å². The molecule has 2 aliphatic heterocycles. The van der Waals surface area contributed by atoms with E-state index in [2.05, 4.69) is 9.71 Å². The summed E-state index contributed by atoms with van der Waals surface area (Å²) in [5, 5.41) is 3.58. The topological polar surface area (TPSA) is 78.8 Å². The Hall–Kier alpha value is -2.38. The molecule has 1 fully saturated rings. The van der Waals surface area contributed by atoms with Gasteiger partial charge in [0, 0.05) is 35.3 Å². The maximum atomic E-state index is 12.7. The zero-order chi connectivity index (χ0) is 19.9. The predicted molar refractivity (Wildman–Crippen MR) is 109 cm³/mol. The van der Waals surface area contributed by atoms with Crippen molar-refractivity contribution < 1.29 is 13.2 Å². The second-order valence-electron chi connectivity index (χ2n) is 7.05. The van der Waals surface area contributed by atoms with Gasteiger partial charge < -0.3 is 10.2 Å². The van der Waals surface area contributed by atoms with Crippen LogP contribution in [0.2, 0.25) is 5.02 Å². The summed E-state index contributed by atoms with van der Waals surface area (Å²) in [5.74, 6) is 0.315. The van der Waals surface area contributed by atoms with Crippen LogP contribution in [0.4, 0.5) is 5.69 Å². The molecule has 0 saturated carbocycles. The first-order valence-electron chi connectivity index (χ1n) is 9.12. The number of amidine groups is 1. The molecule has 1 N–H and O–H groups in total. The number of amides is 1. The van der Waals surface area contributed by atoms with Crippen LogP contribution in [0.3, 0.4) is 0 Å². The van der Waals surface area contributed by atoms with Crippen LogP contribution in [0.25, 0.3) is 0 Å². The van der Waals surface area contributed by atoms with Crippen LogP contribution in [-0.4, -0.2) is 38.2 Å². The van der Waals surface area contributed by atoms with Crippen molar-refractivity contribution in [2.24, 2.45) is 10.3 Å². The fourth-order valence-corrected chi connectivity index (χ4v) is 5.05. The molecular weight excluding hydrogens is 398 g/mol. The van der Waals surface area contributed by atoms with E-state index in [0.29, 0.717) is 42.4 Å². The van der Waals surface area contributed by atoms with Crippen molar-refractivity contribution in [1.82, 2.24) is 4.90 Å². The molecule has 0 spiro atoms. The highest BCUT2D eigenvalue weighted by Crippen LogP contribution is 2.30. The number of hydrogen-bond acceptors (Lipinski definition) is 4. The lowest BCUT2D eigenvalue weighted by molar-refractivity contribution is -0.121. The van der Waals surface area contributed by atoms with Crippen LogP contribution in [0.5, 0.6) is 0 Å². The summed E-state index contributed by atoms with van der Waals surface area (Å²) in [7, 11) is -3.63. The Morgan fingerprint density at radius 3 is 2.61 bits per heavy atom. The van der Waals surface area contributed by atoms with Crippen LogP contribution in [-0.2, 0) is 14.8 Å². The molecule has 2 aromatic carbocycles. The molecule has 2 heterocycles. The van der Waals surface area contributed by atoms with E-state index >= 15 is 0 Å². The first-order valence-corrected chi connectivity index (χ1v) is 10.9. The van der Waals surface area contributed by atoms with Crippen molar-refractivity contribution in [2.45, 2.75) is 24.7 Å². The molecule has 0 atom stereocenters. The highest BCUT2D eigenvalue weighted by molar-refractivity contribution is 7.90. The zero-order valence-electron chi connectivity index (χ0n) is 15.4. The number of carbonyl (C=O) groups is 1. The van der Waals surface area contributed by atoms with Gasteiger partial charge in [0.2, 0.25) is 5.91 Å². The van der Waals surface area contributed by atoms with E-state index in [1.807, 2.05) is 30.0 Å². The number of halogens is 1. The van der Waals surface area contributed by atoms with Gasteiger partial charge in [0.15, 0.2) is 5.84 Å². The standard InChI is InChI=1S/C20H20ClN3O3S/c1-13-16(21)6-4-7-17(13)22-20(25)14-9-11-24(12-10-14)19-15-5-2-3-8-18(15)28(26,27)23-19/h2-8,14H,9-12H2,1H3,(H,22,25). The van der Waals surface area contributed by atoms with Crippen LogP contribution < -0.4 is 5.32 Å². The summed E-state index contributed by atoms with van der Waals surface area (Å²) in [5.41, 5.74) is 2.21. The van der Waals surface area contributed by atoms with Gasteiger partial charge in [-0.05, 0) is 49.6 Å². The third kappa shape index (κ3) is 3.40. The molecule has 1 amide bonds. The lowest BCUT2D eigenvalue weighted by Gasteiger charge is -2.32. The van der Waals surface area contributed by atoms with E-state index in [4.69, 9.17) is 11.6 Å². The van der Waals surface area contributed by atoms with Crippen molar-refractivity contribution in [1.29, 1.82) is 0 Å². The third-order valence-electron chi connectivity index (χ3n) is 5.30. The second kappa shape index (κ2) is 7.22. The molecule has 1 saturated heterocycles. The highest BCUT2D eigenvalue weighted by Gasteiger charge is 2.34. The van der Waals surface area contributed by atoms with Crippen molar-refractivity contribution in [3.8, 4) is 0 Å². The third-order valence-corrected chi connectivity index (χ3v) is 7.04. The van der Waals surface area contributed by atoms with Crippen LogP contribution in [0, 0.1) is 12.8 Å². The minimum absolute atomic E-state index is 0.0357. The van der Waals surface area contributed by atoms with Crippen LogP contribution >= 0.6 is 11.6 Å². The Morgan fingerprint density at radius 1 is 1.14 bits per heavy atom. The molecule has 28 heavy (non-hydrogen) atoms. The number of carbonyl (C=O) groups excluding carboxylic acids is 1. The average Bonchev–Trinajstić information content (AvgIpc) is 2.97. The fourth-order valence-electron chi connectivity index (χ4n) is 3.65. The number of anilines is 1. The number of piperidine rings is 1. The summed E-state index contributed by atoms with van der Waals surface area (Å²) >= 11 is 6.12. The molecular formula is C20H20ClN3O3S. The normalized spacial score (nSPS) is 18.5. The van der Waals surface area contributed by atoms with Gasteiger partial charge >= 0.3 is 0 Å². The molecule has 6 nitrogen and oxygen atoms in total. The molecule has 0 bridgehead atoms. The van der Waals surface area contributed by atoms with Gasteiger partial charge in [-0.25, -0.2) is 0 Å². The first-order chi connectivity index (χ1) is 13.4. The minimum Gasteiger partial charge on any atom is -0.355 e. The fraction of sp³-hybridized carbons (Fsp3) is 0.300. The Morgan fingerprint density at radius 2 is 1.86 bits per heavy atom. The summed E-state index contributed by atoms with van der Waals surface area (Å²) in [6.07, 6.45) is 1.26.